The van der Waals surface area contributed by atoms with Gasteiger partial charge in [-0.25, -0.2) is 0 Å². The first-order valence-electron chi connectivity index (χ1n) is 6.22. The van der Waals surface area contributed by atoms with E-state index in [2.05, 4.69) is 21.3 Å². The molecule has 0 bridgehead atoms. The van der Waals surface area contributed by atoms with Crippen LogP contribution in [0.4, 0.5) is 0 Å². The number of hydrogen-bond acceptors (Lipinski definition) is 4. The number of ether oxygens (including phenoxy) is 2. The Kier molecular flexibility index (Phi) is 14.7. The molecule has 0 aliphatic heterocycles. The molecular formula is C12H22N4O2. The fourth-order valence-corrected chi connectivity index (χ4v) is 1.18. The van der Waals surface area contributed by atoms with E-state index in [9.17, 15) is 0 Å². The van der Waals surface area contributed by atoms with Gasteiger partial charge in [-0.05, 0) is 18.4 Å². The van der Waals surface area contributed by atoms with Crippen LogP contribution in [0.2, 0.25) is 0 Å². The molecule has 0 saturated carbocycles. The van der Waals surface area contributed by atoms with Gasteiger partial charge in [0.15, 0.2) is 0 Å². The van der Waals surface area contributed by atoms with Crippen molar-refractivity contribution < 1.29 is 9.47 Å². The van der Waals surface area contributed by atoms with Crippen molar-refractivity contribution in [2.75, 3.05) is 46.1 Å². The molecule has 0 heterocycles. The minimum Gasteiger partial charge on any atom is -0.381 e. The molecule has 0 aromatic heterocycles. The second kappa shape index (κ2) is 15.8. The molecule has 102 valence electrons. The molecule has 18 heavy (non-hydrogen) atoms. The Hall–Kier alpha value is -1.25. The molecule has 0 aliphatic carbocycles. The number of rotatable bonds is 13. The maximum atomic E-state index is 8.04. The maximum Gasteiger partial charge on any atom is 0.0590 e. The van der Waals surface area contributed by atoms with E-state index in [0.717, 1.165) is 32.4 Å². The molecule has 0 aliphatic rings. The average molecular weight is 254 g/mol. The Bertz CT molecular complexity index is 259. The summed E-state index contributed by atoms with van der Waals surface area (Å²) in [5.74, 6) is 2.56. The summed E-state index contributed by atoms with van der Waals surface area (Å²) in [6.45, 7) is 4.88. The van der Waals surface area contributed by atoms with Crippen LogP contribution < -0.4 is 5.32 Å². The summed E-state index contributed by atoms with van der Waals surface area (Å²) in [5, 5.41) is 6.60. The van der Waals surface area contributed by atoms with Crippen molar-refractivity contribution in [1.82, 2.24) is 5.32 Å². The summed E-state index contributed by atoms with van der Waals surface area (Å²) in [6.07, 6.45) is 7.52. The van der Waals surface area contributed by atoms with E-state index in [1.807, 2.05) is 0 Å². The highest BCUT2D eigenvalue weighted by atomic mass is 16.5. The van der Waals surface area contributed by atoms with E-state index < -0.39 is 0 Å². The summed E-state index contributed by atoms with van der Waals surface area (Å²) in [6, 6.07) is 0. The predicted molar refractivity (Wildman–Crippen MR) is 71.2 cm³/mol. The van der Waals surface area contributed by atoms with Crippen LogP contribution in [0.15, 0.2) is 5.11 Å². The van der Waals surface area contributed by atoms with E-state index in [4.69, 9.17) is 21.4 Å². The summed E-state index contributed by atoms with van der Waals surface area (Å²) < 4.78 is 10.7. The van der Waals surface area contributed by atoms with Crippen LogP contribution in [-0.4, -0.2) is 46.1 Å². The second-order valence-electron chi connectivity index (χ2n) is 3.59. The molecule has 6 nitrogen and oxygen atoms in total. The Labute approximate surface area is 109 Å². The molecular weight excluding hydrogens is 232 g/mol. The highest BCUT2D eigenvalue weighted by Gasteiger charge is 1.91. The maximum absolute atomic E-state index is 8.04. The lowest BCUT2D eigenvalue weighted by atomic mass is 10.4. The number of azide groups is 1. The van der Waals surface area contributed by atoms with Crippen molar-refractivity contribution in [3.05, 3.63) is 10.4 Å². The Morgan fingerprint density at radius 2 is 1.83 bits per heavy atom. The van der Waals surface area contributed by atoms with Crippen molar-refractivity contribution in [1.29, 1.82) is 0 Å². The summed E-state index contributed by atoms with van der Waals surface area (Å²) in [5.41, 5.74) is 8.04. The third-order valence-corrected chi connectivity index (χ3v) is 2.06. The van der Waals surface area contributed by atoms with Crippen LogP contribution in [-0.2, 0) is 9.47 Å². The van der Waals surface area contributed by atoms with Crippen molar-refractivity contribution in [3.8, 4) is 12.3 Å². The smallest absolute Gasteiger partial charge is 0.0590 e. The third-order valence-electron chi connectivity index (χ3n) is 2.06. The average Bonchev–Trinajstić information content (AvgIpc) is 2.39. The molecule has 0 unspecified atom stereocenters. The van der Waals surface area contributed by atoms with E-state index in [1.54, 1.807) is 0 Å². The van der Waals surface area contributed by atoms with Crippen LogP contribution in [0.25, 0.3) is 10.4 Å². The lowest BCUT2D eigenvalue weighted by Gasteiger charge is -2.05. The molecule has 0 spiro atoms. The van der Waals surface area contributed by atoms with E-state index in [1.165, 1.54) is 0 Å². The summed E-state index contributed by atoms with van der Waals surface area (Å²) in [7, 11) is 0. The fourth-order valence-electron chi connectivity index (χ4n) is 1.18. The molecule has 0 aromatic rings. The molecule has 6 heteroatoms. The normalized spacial score (nSPS) is 9.72. The number of hydrogen-bond donors (Lipinski definition) is 1. The van der Waals surface area contributed by atoms with Crippen molar-refractivity contribution in [2.24, 2.45) is 5.11 Å². The van der Waals surface area contributed by atoms with Gasteiger partial charge >= 0.3 is 0 Å². The summed E-state index contributed by atoms with van der Waals surface area (Å²) in [4.78, 5) is 2.66. The van der Waals surface area contributed by atoms with E-state index >= 15 is 0 Å². The van der Waals surface area contributed by atoms with Gasteiger partial charge in [0.05, 0.1) is 6.61 Å². The van der Waals surface area contributed by atoms with Gasteiger partial charge in [-0.15, -0.1) is 12.3 Å². The molecule has 0 radical (unpaired) electrons. The van der Waals surface area contributed by atoms with Crippen LogP contribution >= 0.6 is 0 Å². The van der Waals surface area contributed by atoms with Gasteiger partial charge in [0.25, 0.3) is 0 Å². The highest BCUT2D eigenvalue weighted by molar-refractivity contribution is 4.83. The van der Waals surface area contributed by atoms with Crippen LogP contribution in [0.3, 0.4) is 0 Å². The first-order valence-corrected chi connectivity index (χ1v) is 6.22. The van der Waals surface area contributed by atoms with E-state index in [-0.39, 0.29) is 0 Å². The Morgan fingerprint density at radius 3 is 2.56 bits per heavy atom. The van der Waals surface area contributed by atoms with Gasteiger partial charge in [0.1, 0.15) is 0 Å². The zero-order valence-corrected chi connectivity index (χ0v) is 10.8. The predicted octanol–water partition coefficient (Wildman–Crippen LogP) is 1.72. The topological polar surface area (TPSA) is 79.2 Å². The molecule has 0 atom stereocenters. The molecule has 0 aromatic carbocycles. The SMILES string of the molecule is C#CCCNCCOCCCOCCCN=[N+]=[N-]. The van der Waals surface area contributed by atoms with Gasteiger partial charge in [-0.3, -0.25) is 0 Å². The highest BCUT2D eigenvalue weighted by Crippen LogP contribution is 1.88. The largest absolute Gasteiger partial charge is 0.381 e. The van der Waals surface area contributed by atoms with Crippen molar-refractivity contribution in [2.45, 2.75) is 19.3 Å². The lowest BCUT2D eigenvalue weighted by molar-refractivity contribution is 0.0834. The summed E-state index contributed by atoms with van der Waals surface area (Å²) >= 11 is 0. The minimum atomic E-state index is 0.496. The monoisotopic (exact) mass is 254 g/mol. The number of nitrogens with one attached hydrogen (secondary N) is 1. The van der Waals surface area contributed by atoms with Gasteiger partial charge in [0.2, 0.25) is 0 Å². The Morgan fingerprint density at radius 1 is 1.11 bits per heavy atom. The first kappa shape index (κ1) is 16.8. The van der Waals surface area contributed by atoms with Gasteiger partial charge in [-0.1, -0.05) is 5.11 Å². The van der Waals surface area contributed by atoms with E-state index in [0.29, 0.717) is 33.0 Å². The first-order chi connectivity index (χ1) is 8.91. The number of terminal acetylenes is 1. The zero-order chi connectivity index (χ0) is 13.3. The minimum absolute atomic E-state index is 0.496. The van der Waals surface area contributed by atoms with Gasteiger partial charge in [-0.2, -0.15) is 0 Å². The van der Waals surface area contributed by atoms with Crippen LogP contribution in [0.1, 0.15) is 19.3 Å². The lowest BCUT2D eigenvalue weighted by Crippen LogP contribution is -2.20. The quantitative estimate of drug-likeness (QED) is 0.179. The Balaban J connectivity index is 2.95. The van der Waals surface area contributed by atoms with Crippen LogP contribution in [0.5, 0.6) is 0 Å². The fraction of sp³-hybridized carbons (Fsp3) is 0.833. The van der Waals surface area contributed by atoms with Crippen molar-refractivity contribution in [3.63, 3.8) is 0 Å². The molecule has 0 saturated heterocycles. The molecule has 0 rings (SSSR count). The van der Waals surface area contributed by atoms with Crippen molar-refractivity contribution >= 4 is 0 Å². The number of nitrogens with zero attached hydrogens (tertiary/aromatic N) is 3. The standard InChI is InChI=1S/C12H22N4O2/c1-2-3-6-14-8-12-18-11-5-10-17-9-4-7-15-16-13/h1,14H,3-12H2. The van der Waals surface area contributed by atoms with Crippen LogP contribution in [0, 0.1) is 12.3 Å². The molecule has 1 N–H and O–H groups in total. The van der Waals surface area contributed by atoms with Gasteiger partial charge < -0.3 is 14.8 Å². The molecule has 0 amide bonds. The van der Waals surface area contributed by atoms with Gasteiger partial charge in [0, 0.05) is 50.8 Å². The molecule has 0 fully saturated rings. The second-order valence-corrected chi connectivity index (χ2v) is 3.59. The zero-order valence-electron chi connectivity index (χ0n) is 10.8. The third kappa shape index (κ3) is 14.8.